The van der Waals surface area contributed by atoms with E-state index < -0.39 is 0 Å². The Morgan fingerprint density at radius 2 is 2.36 bits per heavy atom. The van der Waals surface area contributed by atoms with Crippen LogP contribution in [-0.4, -0.2) is 15.5 Å². The molecule has 0 aliphatic carbocycles. The van der Waals surface area contributed by atoms with Crippen LogP contribution in [0.2, 0.25) is 0 Å². The van der Waals surface area contributed by atoms with Crippen LogP contribution in [0.25, 0.3) is 0 Å². The number of aromatic nitrogens is 2. The van der Waals surface area contributed by atoms with Gasteiger partial charge in [0, 0.05) is 12.7 Å². The second-order valence-electron chi connectivity index (χ2n) is 2.35. The predicted molar refractivity (Wildman–Crippen MR) is 53.0 cm³/mol. The average molecular weight is 235 g/mol. The standard InChI is InChI=1S/C7H11BrN2S/c8-7-5-9-10(6-7)3-1-2-4-11/h5-6,11H,1-4H2. The first kappa shape index (κ1) is 9.13. The van der Waals surface area contributed by atoms with E-state index in [9.17, 15) is 0 Å². The van der Waals surface area contributed by atoms with Gasteiger partial charge >= 0.3 is 0 Å². The number of hydrogen-bond acceptors (Lipinski definition) is 2. The van der Waals surface area contributed by atoms with Crippen molar-refractivity contribution in [3.8, 4) is 0 Å². The predicted octanol–water partition coefficient (Wildman–Crippen LogP) is 2.36. The molecule has 1 rings (SSSR count). The van der Waals surface area contributed by atoms with Crippen LogP contribution in [0.15, 0.2) is 16.9 Å². The summed E-state index contributed by atoms with van der Waals surface area (Å²) in [5, 5.41) is 4.13. The molecule has 0 radical (unpaired) electrons. The second kappa shape index (κ2) is 4.83. The highest BCUT2D eigenvalue weighted by Gasteiger charge is 1.93. The van der Waals surface area contributed by atoms with Crippen LogP contribution in [0.5, 0.6) is 0 Å². The topological polar surface area (TPSA) is 17.8 Å². The summed E-state index contributed by atoms with van der Waals surface area (Å²) in [4.78, 5) is 0. The van der Waals surface area contributed by atoms with Gasteiger partial charge in [0.1, 0.15) is 0 Å². The Balaban J connectivity index is 2.27. The molecule has 0 N–H and O–H groups in total. The van der Waals surface area contributed by atoms with Crippen LogP contribution in [0, 0.1) is 0 Å². The van der Waals surface area contributed by atoms with E-state index in [1.165, 1.54) is 0 Å². The lowest BCUT2D eigenvalue weighted by atomic mass is 10.3. The summed E-state index contributed by atoms with van der Waals surface area (Å²) in [7, 11) is 0. The summed E-state index contributed by atoms with van der Waals surface area (Å²) in [5.41, 5.74) is 0. The number of unbranched alkanes of at least 4 members (excludes halogenated alkanes) is 1. The monoisotopic (exact) mass is 234 g/mol. The van der Waals surface area contributed by atoms with E-state index in [1.807, 2.05) is 10.9 Å². The normalized spacial score (nSPS) is 10.4. The highest BCUT2D eigenvalue weighted by atomic mass is 79.9. The molecule has 0 saturated carbocycles. The minimum absolute atomic E-state index is 0.961. The van der Waals surface area contributed by atoms with Crippen LogP contribution in [0.1, 0.15) is 12.8 Å². The van der Waals surface area contributed by atoms with E-state index in [0.29, 0.717) is 0 Å². The molecule has 1 aromatic heterocycles. The minimum Gasteiger partial charge on any atom is -0.272 e. The van der Waals surface area contributed by atoms with Gasteiger partial charge in [0.2, 0.25) is 0 Å². The van der Waals surface area contributed by atoms with Crippen molar-refractivity contribution in [2.45, 2.75) is 19.4 Å². The zero-order valence-corrected chi connectivity index (χ0v) is 8.68. The lowest BCUT2D eigenvalue weighted by molar-refractivity contribution is 0.574. The van der Waals surface area contributed by atoms with Crippen LogP contribution >= 0.6 is 28.6 Å². The summed E-state index contributed by atoms with van der Waals surface area (Å²) in [6.45, 7) is 0.992. The van der Waals surface area contributed by atoms with Crippen molar-refractivity contribution in [1.29, 1.82) is 0 Å². The van der Waals surface area contributed by atoms with Crippen molar-refractivity contribution < 1.29 is 0 Å². The fourth-order valence-electron chi connectivity index (χ4n) is 0.846. The van der Waals surface area contributed by atoms with Crippen LogP contribution < -0.4 is 0 Å². The number of nitrogens with zero attached hydrogens (tertiary/aromatic N) is 2. The highest BCUT2D eigenvalue weighted by molar-refractivity contribution is 9.10. The Labute approximate surface area is 80.5 Å². The zero-order chi connectivity index (χ0) is 8.10. The molecule has 1 aromatic rings. The number of rotatable bonds is 4. The summed E-state index contributed by atoms with van der Waals surface area (Å²) in [6, 6.07) is 0. The molecule has 62 valence electrons. The van der Waals surface area contributed by atoms with Crippen LogP contribution in [0.4, 0.5) is 0 Å². The van der Waals surface area contributed by atoms with E-state index in [-0.39, 0.29) is 0 Å². The zero-order valence-electron chi connectivity index (χ0n) is 6.20. The molecule has 0 aromatic carbocycles. The lowest BCUT2D eigenvalue weighted by Crippen LogP contribution is -1.97. The largest absolute Gasteiger partial charge is 0.272 e. The van der Waals surface area contributed by atoms with Gasteiger partial charge in [-0.15, -0.1) is 0 Å². The smallest absolute Gasteiger partial charge is 0.0632 e. The Bertz CT molecular complexity index is 212. The quantitative estimate of drug-likeness (QED) is 0.626. The van der Waals surface area contributed by atoms with Gasteiger partial charge in [-0.05, 0) is 34.5 Å². The summed E-state index contributed by atoms with van der Waals surface area (Å²) >= 11 is 7.48. The SMILES string of the molecule is SCCCCn1cc(Br)cn1. The number of thiol groups is 1. The van der Waals surface area contributed by atoms with E-state index in [2.05, 4.69) is 33.7 Å². The van der Waals surface area contributed by atoms with Crippen molar-refractivity contribution >= 4 is 28.6 Å². The molecule has 0 saturated heterocycles. The molecule has 0 bridgehead atoms. The van der Waals surface area contributed by atoms with E-state index in [1.54, 1.807) is 6.20 Å². The third-order valence-electron chi connectivity index (χ3n) is 1.40. The minimum atomic E-state index is 0.961. The maximum Gasteiger partial charge on any atom is 0.0632 e. The molecule has 0 atom stereocenters. The first-order valence-corrected chi connectivity index (χ1v) is 5.04. The maximum atomic E-state index is 4.13. The van der Waals surface area contributed by atoms with Crippen molar-refractivity contribution in [2.24, 2.45) is 0 Å². The Kier molecular flexibility index (Phi) is 4.01. The fraction of sp³-hybridized carbons (Fsp3) is 0.571. The molecule has 0 amide bonds. The Morgan fingerprint density at radius 1 is 1.55 bits per heavy atom. The third-order valence-corrected chi connectivity index (χ3v) is 2.12. The van der Waals surface area contributed by atoms with E-state index in [4.69, 9.17) is 0 Å². The van der Waals surface area contributed by atoms with Gasteiger partial charge in [-0.3, -0.25) is 4.68 Å². The maximum absolute atomic E-state index is 4.13. The van der Waals surface area contributed by atoms with E-state index in [0.717, 1.165) is 29.6 Å². The molecule has 1 heterocycles. The van der Waals surface area contributed by atoms with Gasteiger partial charge in [-0.25, -0.2) is 0 Å². The highest BCUT2D eigenvalue weighted by Crippen LogP contribution is 2.06. The lowest BCUT2D eigenvalue weighted by Gasteiger charge is -1.97. The first-order valence-electron chi connectivity index (χ1n) is 3.62. The second-order valence-corrected chi connectivity index (χ2v) is 3.72. The summed E-state index contributed by atoms with van der Waals surface area (Å²) in [6.07, 6.45) is 6.09. The van der Waals surface area contributed by atoms with Gasteiger partial charge in [0.25, 0.3) is 0 Å². The van der Waals surface area contributed by atoms with Crippen LogP contribution in [0.3, 0.4) is 0 Å². The van der Waals surface area contributed by atoms with Crippen molar-refractivity contribution in [2.75, 3.05) is 5.75 Å². The molecule has 11 heavy (non-hydrogen) atoms. The van der Waals surface area contributed by atoms with Crippen molar-refractivity contribution in [3.05, 3.63) is 16.9 Å². The molecule has 0 unspecified atom stereocenters. The van der Waals surface area contributed by atoms with Gasteiger partial charge in [-0.1, -0.05) is 0 Å². The fourth-order valence-corrected chi connectivity index (χ4v) is 1.40. The molecule has 2 nitrogen and oxygen atoms in total. The third kappa shape index (κ3) is 3.29. The van der Waals surface area contributed by atoms with Crippen LogP contribution in [-0.2, 0) is 6.54 Å². The molecule has 0 fully saturated rings. The molecular weight excluding hydrogens is 224 g/mol. The van der Waals surface area contributed by atoms with Gasteiger partial charge in [0.05, 0.1) is 10.7 Å². The number of halogens is 1. The summed E-state index contributed by atoms with van der Waals surface area (Å²) < 4.78 is 2.98. The molecular formula is C7H11BrN2S. The van der Waals surface area contributed by atoms with Crippen molar-refractivity contribution in [1.82, 2.24) is 9.78 Å². The Morgan fingerprint density at radius 3 is 2.91 bits per heavy atom. The van der Waals surface area contributed by atoms with Crippen molar-refractivity contribution in [3.63, 3.8) is 0 Å². The molecule has 4 heteroatoms. The van der Waals surface area contributed by atoms with Gasteiger partial charge in [0.15, 0.2) is 0 Å². The number of hydrogen-bond donors (Lipinski definition) is 1. The molecule has 0 aliphatic heterocycles. The number of aryl methyl sites for hydroxylation is 1. The summed E-state index contributed by atoms with van der Waals surface area (Å²) in [5.74, 6) is 0.961. The Hall–Kier alpha value is 0.0400. The molecule has 0 aliphatic rings. The average Bonchev–Trinajstić information content (AvgIpc) is 2.37. The molecule has 0 spiro atoms. The van der Waals surface area contributed by atoms with Gasteiger partial charge < -0.3 is 0 Å². The first-order chi connectivity index (χ1) is 5.33. The van der Waals surface area contributed by atoms with Gasteiger partial charge in [-0.2, -0.15) is 17.7 Å². The van der Waals surface area contributed by atoms with E-state index >= 15 is 0 Å².